The Morgan fingerprint density at radius 1 is 1.09 bits per heavy atom. The van der Waals surface area contributed by atoms with Crippen molar-refractivity contribution in [2.45, 2.75) is 78.1 Å². The van der Waals surface area contributed by atoms with Gasteiger partial charge in [0.2, 0.25) is 0 Å². The lowest BCUT2D eigenvalue weighted by atomic mass is 9.50. The highest BCUT2D eigenvalue weighted by Gasteiger charge is 2.51. The molecule has 0 spiro atoms. The van der Waals surface area contributed by atoms with Crippen LogP contribution in [0.1, 0.15) is 82.9 Å². The fraction of sp³-hybridized carbons (Fsp3) is 0.700. The Balaban J connectivity index is 2.20. The van der Waals surface area contributed by atoms with E-state index in [1.165, 1.54) is 24.8 Å². The van der Waals surface area contributed by atoms with Crippen LogP contribution in [0, 0.1) is 11.3 Å². The van der Waals surface area contributed by atoms with Gasteiger partial charge in [0.1, 0.15) is 0 Å². The summed E-state index contributed by atoms with van der Waals surface area (Å²) in [6.45, 7) is 11.2. The Kier molecular flexibility index (Phi) is 3.50. The minimum Gasteiger partial charge on any atom is -0.504 e. The van der Waals surface area contributed by atoms with Crippen LogP contribution in [-0.2, 0) is 11.8 Å². The summed E-state index contributed by atoms with van der Waals surface area (Å²) in [5.74, 6) is 1.08. The van der Waals surface area contributed by atoms with E-state index in [1.54, 1.807) is 0 Å². The zero-order valence-corrected chi connectivity index (χ0v) is 14.7. The fourth-order valence-corrected chi connectivity index (χ4v) is 5.44. The SMILES string of the molecule is CC(C)c1cc2c(c(O)c1O)[C@@]1(C)CCCC(C)(C)C1CC2. The predicted molar refractivity (Wildman–Crippen MR) is 90.7 cm³/mol. The summed E-state index contributed by atoms with van der Waals surface area (Å²) in [6, 6.07) is 2.15. The normalized spacial score (nSPS) is 30.0. The van der Waals surface area contributed by atoms with Crippen molar-refractivity contribution in [3.63, 3.8) is 0 Å². The lowest BCUT2D eigenvalue weighted by molar-refractivity contribution is 0.0389. The molecular formula is C20H30O2. The smallest absolute Gasteiger partial charge is 0.161 e. The number of aryl methyl sites for hydroxylation is 1. The first-order valence-electron chi connectivity index (χ1n) is 8.76. The molecule has 3 rings (SSSR count). The van der Waals surface area contributed by atoms with Crippen LogP contribution >= 0.6 is 0 Å². The molecule has 1 aromatic rings. The lowest BCUT2D eigenvalue weighted by Crippen LogP contribution is -2.47. The summed E-state index contributed by atoms with van der Waals surface area (Å²) in [7, 11) is 0. The van der Waals surface area contributed by atoms with Gasteiger partial charge in [0.05, 0.1) is 0 Å². The predicted octanol–water partition coefficient (Wildman–Crippen LogP) is 5.25. The third-order valence-corrected chi connectivity index (χ3v) is 6.51. The van der Waals surface area contributed by atoms with E-state index in [9.17, 15) is 10.2 Å². The van der Waals surface area contributed by atoms with Crippen LogP contribution in [0.2, 0.25) is 0 Å². The molecule has 2 N–H and O–H groups in total. The van der Waals surface area contributed by atoms with E-state index in [0.29, 0.717) is 11.3 Å². The number of hydrogen-bond donors (Lipinski definition) is 2. The zero-order valence-electron chi connectivity index (χ0n) is 14.7. The number of phenols is 2. The second-order valence-corrected chi connectivity index (χ2v) is 8.70. The van der Waals surface area contributed by atoms with E-state index in [2.05, 4.69) is 40.7 Å². The molecule has 122 valence electrons. The van der Waals surface area contributed by atoms with Crippen molar-refractivity contribution in [3.8, 4) is 11.5 Å². The molecule has 2 heteroatoms. The summed E-state index contributed by atoms with van der Waals surface area (Å²) in [5, 5.41) is 21.3. The maximum atomic E-state index is 10.8. The van der Waals surface area contributed by atoms with Crippen LogP contribution < -0.4 is 0 Å². The molecule has 2 aliphatic carbocycles. The van der Waals surface area contributed by atoms with E-state index < -0.39 is 0 Å². The second kappa shape index (κ2) is 4.91. The van der Waals surface area contributed by atoms with E-state index in [4.69, 9.17) is 0 Å². The average Bonchev–Trinajstić information content (AvgIpc) is 2.40. The Labute approximate surface area is 134 Å². The molecule has 0 aromatic heterocycles. The molecule has 0 saturated heterocycles. The van der Waals surface area contributed by atoms with Crippen molar-refractivity contribution in [2.75, 3.05) is 0 Å². The first kappa shape index (κ1) is 15.7. The van der Waals surface area contributed by atoms with Gasteiger partial charge in [-0.3, -0.25) is 0 Å². The summed E-state index contributed by atoms with van der Waals surface area (Å²) in [4.78, 5) is 0. The number of fused-ring (bicyclic) bond motifs is 3. The number of phenolic OH excluding ortho intramolecular Hbond substituents is 2. The largest absolute Gasteiger partial charge is 0.504 e. The average molecular weight is 302 g/mol. The van der Waals surface area contributed by atoms with Crippen LogP contribution in [-0.4, -0.2) is 10.2 Å². The third kappa shape index (κ3) is 2.06. The van der Waals surface area contributed by atoms with Crippen LogP contribution in [0.5, 0.6) is 11.5 Å². The maximum absolute atomic E-state index is 10.8. The van der Waals surface area contributed by atoms with Gasteiger partial charge in [-0.15, -0.1) is 0 Å². The fourth-order valence-electron chi connectivity index (χ4n) is 5.44. The van der Waals surface area contributed by atoms with Gasteiger partial charge in [-0.2, -0.15) is 0 Å². The molecule has 0 aliphatic heterocycles. The monoisotopic (exact) mass is 302 g/mol. The van der Waals surface area contributed by atoms with Crippen LogP contribution in [0.3, 0.4) is 0 Å². The van der Waals surface area contributed by atoms with Gasteiger partial charge in [-0.1, -0.05) is 47.1 Å². The highest BCUT2D eigenvalue weighted by atomic mass is 16.3. The lowest BCUT2D eigenvalue weighted by Gasteiger charge is -2.54. The number of rotatable bonds is 1. The molecule has 1 fully saturated rings. The van der Waals surface area contributed by atoms with Gasteiger partial charge in [0, 0.05) is 11.1 Å². The van der Waals surface area contributed by atoms with Gasteiger partial charge in [0.25, 0.3) is 0 Å². The van der Waals surface area contributed by atoms with E-state index in [0.717, 1.165) is 24.0 Å². The van der Waals surface area contributed by atoms with Crippen LogP contribution in [0.25, 0.3) is 0 Å². The summed E-state index contributed by atoms with van der Waals surface area (Å²) >= 11 is 0. The topological polar surface area (TPSA) is 40.5 Å². The van der Waals surface area contributed by atoms with Crippen molar-refractivity contribution >= 4 is 0 Å². The minimum atomic E-state index is -0.00753. The molecule has 2 atom stereocenters. The quantitative estimate of drug-likeness (QED) is 0.695. The Hall–Kier alpha value is -1.18. The third-order valence-electron chi connectivity index (χ3n) is 6.51. The van der Waals surface area contributed by atoms with Gasteiger partial charge < -0.3 is 10.2 Å². The molecule has 0 bridgehead atoms. The van der Waals surface area contributed by atoms with Crippen molar-refractivity contribution in [3.05, 3.63) is 22.8 Å². The number of aromatic hydroxyl groups is 2. The molecule has 1 unspecified atom stereocenters. The van der Waals surface area contributed by atoms with Gasteiger partial charge in [0.15, 0.2) is 11.5 Å². The molecule has 2 nitrogen and oxygen atoms in total. The van der Waals surface area contributed by atoms with Gasteiger partial charge in [-0.25, -0.2) is 0 Å². The van der Waals surface area contributed by atoms with Crippen LogP contribution in [0.4, 0.5) is 0 Å². The molecule has 1 saturated carbocycles. The molecule has 0 amide bonds. The standard InChI is InChI=1S/C20H30O2/c1-12(2)14-11-13-7-8-15-19(3,4)9-6-10-20(15,5)16(13)18(22)17(14)21/h11-12,15,21-22H,6-10H2,1-5H3/t15?,20-/m0/s1. The number of hydrogen-bond acceptors (Lipinski definition) is 2. The van der Waals surface area contributed by atoms with E-state index in [-0.39, 0.29) is 22.8 Å². The van der Waals surface area contributed by atoms with Gasteiger partial charge in [-0.05, 0) is 53.9 Å². The Morgan fingerprint density at radius 3 is 2.41 bits per heavy atom. The number of benzene rings is 1. The van der Waals surface area contributed by atoms with Crippen molar-refractivity contribution in [1.29, 1.82) is 0 Å². The first-order chi connectivity index (χ1) is 10.2. The molecule has 2 aliphatic rings. The highest BCUT2D eigenvalue weighted by molar-refractivity contribution is 5.59. The molecule has 1 aromatic carbocycles. The van der Waals surface area contributed by atoms with Crippen molar-refractivity contribution in [1.82, 2.24) is 0 Å². The maximum Gasteiger partial charge on any atom is 0.161 e. The Bertz CT molecular complexity index is 600. The summed E-state index contributed by atoms with van der Waals surface area (Å²) < 4.78 is 0. The molecule has 22 heavy (non-hydrogen) atoms. The van der Waals surface area contributed by atoms with Crippen LogP contribution in [0.15, 0.2) is 6.07 Å². The van der Waals surface area contributed by atoms with Gasteiger partial charge >= 0.3 is 0 Å². The highest BCUT2D eigenvalue weighted by Crippen LogP contribution is 2.60. The van der Waals surface area contributed by atoms with E-state index in [1.807, 2.05) is 0 Å². The van der Waals surface area contributed by atoms with Crippen molar-refractivity contribution < 1.29 is 10.2 Å². The summed E-state index contributed by atoms with van der Waals surface area (Å²) in [5.41, 5.74) is 3.48. The summed E-state index contributed by atoms with van der Waals surface area (Å²) in [6.07, 6.45) is 5.79. The zero-order chi connectivity index (χ0) is 16.3. The van der Waals surface area contributed by atoms with E-state index >= 15 is 0 Å². The van der Waals surface area contributed by atoms with Crippen molar-refractivity contribution in [2.24, 2.45) is 11.3 Å². The second-order valence-electron chi connectivity index (χ2n) is 8.70. The first-order valence-corrected chi connectivity index (χ1v) is 8.76. The molecule has 0 heterocycles. The Morgan fingerprint density at radius 2 is 1.77 bits per heavy atom. The molecule has 0 radical (unpaired) electrons. The molecular weight excluding hydrogens is 272 g/mol. The minimum absolute atomic E-state index is 0.00753.